The highest BCUT2D eigenvalue weighted by molar-refractivity contribution is 5.98. The Balaban J connectivity index is 2.22. The lowest BCUT2D eigenvalue weighted by atomic mass is 10.1. The summed E-state index contributed by atoms with van der Waals surface area (Å²) in [5.74, 6) is 0.00891. The second-order valence-electron chi connectivity index (χ2n) is 4.29. The minimum Gasteiger partial charge on any atom is -0.497 e. The summed E-state index contributed by atoms with van der Waals surface area (Å²) in [7, 11) is 1.55. The quantitative estimate of drug-likeness (QED) is 0.859. The number of likely N-dealkylation sites (tertiary alicyclic amines) is 1. The summed E-state index contributed by atoms with van der Waals surface area (Å²) >= 11 is 0. The Labute approximate surface area is 106 Å². The molecular formula is C13H16N2O3. The highest BCUT2D eigenvalue weighted by atomic mass is 16.5. The van der Waals surface area contributed by atoms with Crippen molar-refractivity contribution in [3.63, 3.8) is 0 Å². The van der Waals surface area contributed by atoms with Crippen LogP contribution in [0.2, 0.25) is 0 Å². The van der Waals surface area contributed by atoms with Crippen LogP contribution < -0.4 is 10.5 Å². The van der Waals surface area contributed by atoms with Crippen LogP contribution in [0.1, 0.15) is 23.2 Å². The molecule has 0 unspecified atom stereocenters. The fourth-order valence-electron chi connectivity index (χ4n) is 2.23. The predicted molar refractivity (Wildman–Crippen MR) is 66.2 cm³/mol. The van der Waals surface area contributed by atoms with Gasteiger partial charge in [0.1, 0.15) is 11.8 Å². The van der Waals surface area contributed by atoms with Gasteiger partial charge in [0, 0.05) is 12.1 Å². The molecule has 1 fully saturated rings. The third kappa shape index (κ3) is 2.30. The van der Waals surface area contributed by atoms with Gasteiger partial charge in [0.15, 0.2) is 0 Å². The minimum atomic E-state index is -0.483. The molecule has 1 aromatic carbocycles. The first-order valence-electron chi connectivity index (χ1n) is 5.88. The monoisotopic (exact) mass is 248 g/mol. The van der Waals surface area contributed by atoms with Gasteiger partial charge < -0.3 is 15.4 Å². The standard InChI is InChI=1S/C13H16N2O3/c1-18-10-5-2-4-9(8-10)13(17)15-7-3-6-11(15)12(14)16/h2,4-5,8,11H,3,6-7H2,1H3,(H2,14,16)/t11-/m0/s1. The molecule has 1 atom stereocenters. The Morgan fingerprint density at radius 3 is 2.89 bits per heavy atom. The number of rotatable bonds is 3. The molecule has 1 aromatic rings. The summed E-state index contributed by atoms with van der Waals surface area (Å²) in [6.07, 6.45) is 1.45. The fourth-order valence-corrected chi connectivity index (χ4v) is 2.23. The number of nitrogens with two attached hydrogens (primary N) is 1. The van der Waals surface area contributed by atoms with E-state index in [0.29, 0.717) is 24.3 Å². The van der Waals surface area contributed by atoms with Crippen LogP contribution in [0, 0.1) is 0 Å². The van der Waals surface area contributed by atoms with Crippen molar-refractivity contribution < 1.29 is 14.3 Å². The van der Waals surface area contributed by atoms with Gasteiger partial charge in [0.05, 0.1) is 7.11 Å². The first-order chi connectivity index (χ1) is 8.63. The van der Waals surface area contributed by atoms with Crippen LogP contribution in [0.3, 0.4) is 0 Å². The van der Waals surface area contributed by atoms with Crippen LogP contribution >= 0.6 is 0 Å². The van der Waals surface area contributed by atoms with Crippen LogP contribution in [0.15, 0.2) is 24.3 Å². The van der Waals surface area contributed by atoms with E-state index in [4.69, 9.17) is 10.5 Å². The number of methoxy groups -OCH3 is 1. The molecule has 5 nitrogen and oxygen atoms in total. The van der Waals surface area contributed by atoms with E-state index in [1.807, 2.05) is 0 Å². The van der Waals surface area contributed by atoms with Gasteiger partial charge >= 0.3 is 0 Å². The molecule has 1 aliphatic rings. The highest BCUT2D eigenvalue weighted by Gasteiger charge is 2.33. The number of amides is 2. The van der Waals surface area contributed by atoms with Gasteiger partial charge in [-0.05, 0) is 31.0 Å². The van der Waals surface area contributed by atoms with E-state index in [0.717, 1.165) is 6.42 Å². The van der Waals surface area contributed by atoms with Crippen molar-refractivity contribution in [3.8, 4) is 5.75 Å². The Kier molecular flexibility index (Phi) is 3.50. The second kappa shape index (κ2) is 5.08. The summed E-state index contributed by atoms with van der Waals surface area (Å²) in [6.45, 7) is 0.573. The Hall–Kier alpha value is -2.04. The Bertz CT molecular complexity index is 473. The van der Waals surface area contributed by atoms with Crippen molar-refractivity contribution in [2.75, 3.05) is 13.7 Å². The summed E-state index contributed by atoms with van der Waals surface area (Å²) in [6, 6.07) is 6.41. The number of hydrogen-bond donors (Lipinski definition) is 1. The molecule has 5 heteroatoms. The summed E-state index contributed by atoms with van der Waals surface area (Å²) in [5.41, 5.74) is 5.82. The SMILES string of the molecule is COc1cccc(C(=O)N2CCC[C@H]2C(N)=O)c1. The summed E-state index contributed by atoms with van der Waals surface area (Å²) in [4.78, 5) is 25.1. The number of carbonyl (C=O) groups excluding carboxylic acids is 2. The average Bonchev–Trinajstić information content (AvgIpc) is 2.87. The van der Waals surface area contributed by atoms with E-state index in [9.17, 15) is 9.59 Å². The molecule has 1 aliphatic heterocycles. The lowest BCUT2D eigenvalue weighted by Crippen LogP contribution is -2.43. The Morgan fingerprint density at radius 2 is 2.22 bits per heavy atom. The van der Waals surface area contributed by atoms with Crippen molar-refractivity contribution in [3.05, 3.63) is 29.8 Å². The molecule has 0 aliphatic carbocycles. The maximum absolute atomic E-state index is 12.3. The van der Waals surface area contributed by atoms with Crippen molar-refractivity contribution in [2.24, 2.45) is 5.73 Å². The minimum absolute atomic E-state index is 0.171. The van der Waals surface area contributed by atoms with E-state index >= 15 is 0 Å². The van der Waals surface area contributed by atoms with E-state index in [1.54, 1.807) is 31.4 Å². The zero-order chi connectivity index (χ0) is 13.1. The van der Waals surface area contributed by atoms with E-state index in [2.05, 4.69) is 0 Å². The highest BCUT2D eigenvalue weighted by Crippen LogP contribution is 2.21. The fraction of sp³-hybridized carbons (Fsp3) is 0.385. The number of primary amides is 1. The van der Waals surface area contributed by atoms with E-state index < -0.39 is 11.9 Å². The summed E-state index contributed by atoms with van der Waals surface area (Å²) < 4.78 is 5.08. The molecule has 0 spiro atoms. The smallest absolute Gasteiger partial charge is 0.254 e. The normalized spacial score (nSPS) is 18.7. The molecule has 1 saturated heterocycles. The molecule has 2 N–H and O–H groups in total. The number of ether oxygens (including phenoxy) is 1. The number of nitrogens with zero attached hydrogens (tertiary/aromatic N) is 1. The first-order valence-corrected chi connectivity index (χ1v) is 5.88. The number of hydrogen-bond acceptors (Lipinski definition) is 3. The maximum Gasteiger partial charge on any atom is 0.254 e. The lowest BCUT2D eigenvalue weighted by molar-refractivity contribution is -0.121. The second-order valence-corrected chi connectivity index (χ2v) is 4.29. The van der Waals surface area contributed by atoms with Crippen LogP contribution in [0.5, 0.6) is 5.75 Å². The summed E-state index contributed by atoms with van der Waals surface area (Å²) in [5, 5.41) is 0. The first kappa shape index (κ1) is 12.4. The molecular weight excluding hydrogens is 232 g/mol. The van der Waals surface area contributed by atoms with Gasteiger partial charge in [-0.15, -0.1) is 0 Å². The molecule has 0 saturated carbocycles. The number of carbonyl (C=O) groups is 2. The number of benzene rings is 1. The van der Waals surface area contributed by atoms with Gasteiger partial charge in [0.2, 0.25) is 5.91 Å². The third-order valence-corrected chi connectivity index (χ3v) is 3.16. The van der Waals surface area contributed by atoms with Crippen molar-refractivity contribution in [1.82, 2.24) is 4.90 Å². The van der Waals surface area contributed by atoms with Gasteiger partial charge in [-0.2, -0.15) is 0 Å². The van der Waals surface area contributed by atoms with E-state index in [-0.39, 0.29) is 5.91 Å². The van der Waals surface area contributed by atoms with Gasteiger partial charge in [0.25, 0.3) is 5.91 Å². The molecule has 0 radical (unpaired) electrons. The topological polar surface area (TPSA) is 72.6 Å². The molecule has 96 valence electrons. The van der Waals surface area contributed by atoms with Crippen molar-refractivity contribution in [2.45, 2.75) is 18.9 Å². The van der Waals surface area contributed by atoms with Crippen molar-refractivity contribution in [1.29, 1.82) is 0 Å². The van der Waals surface area contributed by atoms with Crippen molar-refractivity contribution >= 4 is 11.8 Å². The van der Waals surface area contributed by atoms with Crippen LogP contribution in [-0.4, -0.2) is 36.4 Å². The molecule has 2 rings (SSSR count). The van der Waals surface area contributed by atoms with Crippen LogP contribution in [0.4, 0.5) is 0 Å². The maximum atomic E-state index is 12.3. The largest absolute Gasteiger partial charge is 0.497 e. The van der Waals surface area contributed by atoms with Gasteiger partial charge in [-0.25, -0.2) is 0 Å². The van der Waals surface area contributed by atoms with Gasteiger partial charge in [-0.3, -0.25) is 9.59 Å². The zero-order valence-corrected chi connectivity index (χ0v) is 10.3. The third-order valence-electron chi connectivity index (χ3n) is 3.16. The molecule has 0 aromatic heterocycles. The molecule has 1 heterocycles. The molecule has 0 bridgehead atoms. The zero-order valence-electron chi connectivity index (χ0n) is 10.3. The van der Waals surface area contributed by atoms with Crippen LogP contribution in [-0.2, 0) is 4.79 Å². The predicted octanol–water partition coefficient (Wildman–Crippen LogP) is 0.785. The molecule has 18 heavy (non-hydrogen) atoms. The Morgan fingerprint density at radius 1 is 1.44 bits per heavy atom. The lowest BCUT2D eigenvalue weighted by Gasteiger charge is -2.22. The molecule has 2 amide bonds. The van der Waals surface area contributed by atoms with Gasteiger partial charge in [-0.1, -0.05) is 6.07 Å². The van der Waals surface area contributed by atoms with E-state index in [1.165, 1.54) is 4.90 Å². The average molecular weight is 248 g/mol. The van der Waals surface area contributed by atoms with Crippen LogP contribution in [0.25, 0.3) is 0 Å².